The van der Waals surface area contributed by atoms with E-state index >= 15 is 0 Å². The standard InChI is InChI=1S/C24H23F2N6O6/c25-23(26)31-12-15(10-29-31)19-11-27-20(22(33)28-9-14-1-3-16(4-2-14)32(35)36)8-21(19)38-18-5-6-30-17(7-18)13-37-24(30)34/h1-4,8,10-12,17-18,23,35H,5-7,9,13H2,(H,28,33)/q-1/t17-,18-/m0/s1. The van der Waals surface area contributed by atoms with Crippen molar-refractivity contribution in [1.29, 1.82) is 0 Å². The van der Waals surface area contributed by atoms with Crippen LogP contribution in [0.1, 0.15) is 35.4 Å². The summed E-state index contributed by atoms with van der Waals surface area (Å²) in [4.78, 5) is 30.5. The lowest BCUT2D eigenvalue weighted by Gasteiger charge is -2.32. The molecule has 200 valence electrons. The number of fused-ring (bicyclic) bond motifs is 1. The average Bonchev–Trinajstić information content (AvgIpc) is 3.55. The van der Waals surface area contributed by atoms with Gasteiger partial charge in [-0.3, -0.25) is 15.0 Å². The quantitative estimate of drug-likeness (QED) is 0.420. The van der Waals surface area contributed by atoms with E-state index in [2.05, 4.69) is 15.4 Å². The van der Waals surface area contributed by atoms with Crippen LogP contribution in [0.4, 0.5) is 19.3 Å². The fourth-order valence-electron chi connectivity index (χ4n) is 4.42. The lowest BCUT2D eigenvalue weighted by molar-refractivity contribution is 0.0566. The van der Waals surface area contributed by atoms with E-state index < -0.39 is 12.5 Å². The van der Waals surface area contributed by atoms with E-state index in [4.69, 9.17) is 14.7 Å². The number of cyclic esters (lactones) is 1. The topological polar surface area (TPSA) is 145 Å². The number of benzene rings is 1. The molecule has 0 aliphatic carbocycles. The Morgan fingerprint density at radius 3 is 2.82 bits per heavy atom. The highest BCUT2D eigenvalue weighted by atomic mass is 19.3. The monoisotopic (exact) mass is 529 g/mol. The summed E-state index contributed by atoms with van der Waals surface area (Å²) in [5, 5.41) is 26.0. The molecule has 2 N–H and O–H groups in total. The summed E-state index contributed by atoms with van der Waals surface area (Å²) in [5.74, 6) is -0.239. The maximum Gasteiger partial charge on any atom is 0.410 e. The third-order valence-electron chi connectivity index (χ3n) is 6.42. The molecule has 2 aliphatic heterocycles. The van der Waals surface area contributed by atoms with Crippen LogP contribution in [-0.2, 0) is 11.3 Å². The molecular formula is C24H23F2N6O6-. The number of anilines is 1. The molecule has 5 rings (SSSR count). The Hall–Kier alpha value is -4.30. The van der Waals surface area contributed by atoms with E-state index in [1.807, 2.05) is 0 Å². The number of hydrogen-bond acceptors (Lipinski definition) is 9. The van der Waals surface area contributed by atoms with Crippen molar-refractivity contribution in [1.82, 2.24) is 25.0 Å². The van der Waals surface area contributed by atoms with Gasteiger partial charge in [0.2, 0.25) is 0 Å². The molecule has 0 saturated carbocycles. The smallest absolute Gasteiger partial charge is 0.410 e. The minimum Gasteiger partial charge on any atom is -0.733 e. The highest BCUT2D eigenvalue weighted by Crippen LogP contribution is 2.34. The summed E-state index contributed by atoms with van der Waals surface area (Å²) in [6.45, 7) is -1.98. The van der Waals surface area contributed by atoms with Gasteiger partial charge in [0.05, 0.1) is 17.9 Å². The van der Waals surface area contributed by atoms with Gasteiger partial charge in [0.15, 0.2) is 0 Å². The van der Waals surface area contributed by atoms with Crippen LogP contribution in [0.25, 0.3) is 11.1 Å². The Labute approximate surface area is 214 Å². The Kier molecular flexibility index (Phi) is 7.07. The average molecular weight is 529 g/mol. The zero-order valence-corrected chi connectivity index (χ0v) is 19.9. The number of carbonyl (C=O) groups is 2. The molecule has 3 aromatic rings. The molecule has 0 radical (unpaired) electrons. The van der Waals surface area contributed by atoms with Gasteiger partial charge in [0, 0.05) is 55.5 Å². The number of aromatic nitrogens is 3. The summed E-state index contributed by atoms with van der Waals surface area (Å²) in [6.07, 6.45) is 4.17. The van der Waals surface area contributed by atoms with Crippen molar-refractivity contribution in [3.05, 3.63) is 65.4 Å². The summed E-state index contributed by atoms with van der Waals surface area (Å²) >= 11 is 0. The number of carbonyl (C=O) groups excluding carboxylic acids is 2. The predicted molar refractivity (Wildman–Crippen MR) is 127 cm³/mol. The van der Waals surface area contributed by atoms with Crippen LogP contribution < -0.4 is 15.3 Å². The number of amides is 2. The van der Waals surface area contributed by atoms with Gasteiger partial charge in [-0.2, -0.15) is 13.9 Å². The van der Waals surface area contributed by atoms with Crippen LogP contribution in [0.5, 0.6) is 5.75 Å². The molecule has 2 aliphatic rings. The number of nitrogens with one attached hydrogen (secondary N) is 1. The highest BCUT2D eigenvalue weighted by molar-refractivity contribution is 5.93. The first-order chi connectivity index (χ1) is 18.3. The minimum absolute atomic E-state index is 0.0412. The van der Waals surface area contributed by atoms with Crippen molar-refractivity contribution >= 4 is 17.7 Å². The first kappa shape index (κ1) is 25.4. The second-order valence-electron chi connectivity index (χ2n) is 8.86. The van der Waals surface area contributed by atoms with Crippen LogP contribution >= 0.6 is 0 Å². The maximum absolute atomic E-state index is 13.1. The van der Waals surface area contributed by atoms with E-state index in [0.717, 1.165) is 0 Å². The summed E-state index contributed by atoms with van der Waals surface area (Å²) < 4.78 is 38.1. The number of halogens is 2. The van der Waals surface area contributed by atoms with Gasteiger partial charge in [-0.1, -0.05) is 12.1 Å². The zero-order chi connectivity index (χ0) is 26.8. The summed E-state index contributed by atoms with van der Waals surface area (Å²) in [6, 6.07) is 7.28. The van der Waals surface area contributed by atoms with Gasteiger partial charge in [-0.15, -0.1) is 0 Å². The molecule has 2 aromatic heterocycles. The SMILES string of the molecule is O=C(NCc1ccc(N([O-])O)cc1)c1cc(O[C@H]2CCN3C(=O)OC[C@@H]3C2)c(-c2cnn(C(F)F)c2)cn1. The van der Waals surface area contributed by atoms with E-state index in [9.17, 15) is 23.6 Å². The van der Waals surface area contributed by atoms with Gasteiger partial charge in [0.25, 0.3) is 5.91 Å². The lowest BCUT2D eigenvalue weighted by Crippen LogP contribution is -2.44. The van der Waals surface area contributed by atoms with Crippen LogP contribution in [-0.4, -0.2) is 62.2 Å². The highest BCUT2D eigenvalue weighted by Gasteiger charge is 2.39. The zero-order valence-electron chi connectivity index (χ0n) is 19.9. The molecule has 0 bridgehead atoms. The number of alkyl halides is 2. The molecule has 2 saturated heterocycles. The first-order valence-corrected chi connectivity index (χ1v) is 11.7. The van der Waals surface area contributed by atoms with Crippen LogP contribution in [0.15, 0.2) is 48.9 Å². The number of ether oxygens (including phenoxy) is 2. The van der Waals surface area contributed by atoms with Crippen molar-refractivity contribution in [2.24, 2.45) is 0 Å². The van der Waals surface area contributed by atoms with Gasteiger partial charge < -0.3 is 30.1 Å². The van der Waals surface area contributed by atoms with Crippen molar-refractivity contribution in [3.63, 3.8) is 0 Å². The van der Waals surface area contributed by atoms with Crippen LogP contribution in [0.2, 0.25) is 0 Å². The number of hydrogen-bond donors (Lipinski definition) is 2. The normalized spacial score (nSPS) is 18.8. The number of rotatable bonds is 8. The Balaban J connectivity index is 1.35. The fraction of sp³-hybridized carbons (Fsp3) is 0.333. The van der Waals surface area contributed by atoms with Gasteiger partial charge in [0.1, 0.15) is 24.2 Å². The predicted octanol–water partition coefficient (Wildman–Crippen LogP) is 3.33. The molecule has 2 fully saturated rings. The number of pyridine rings is 1. The number of nitrogens with zero attached hydrogens (tertiary/aromatic N) is 5. The molecule has 4 heterocycles. The van der Waals surface area contributed by atoms with Gasteiger partial charge >= 0.3 is 12.6 Å². The third kappa shape index (κ3) is 5.35. The molecule has 2 atom stereocenters. The largest absolute Gasteiger partial charge is 0.733 e. The second-order valence-corrected chi connectivity index (χ2v) is 8.86. The molecule has 2 amide bonds. The Morgan fingerprint density at radius 1 is 1.32 bits per heavy atom. The van der Waals surface area contributed by atoms with Gasteiger partial charge in [-0.05, 0) is 17.7 Å². The van der Waals surface area contributed by atoms with E-state index in [0.29, 0.717) is 40.8 Å². The van der Waals surface area contributed by atoms with E-state index in [1.165, 1.54) is 36.8 Å². The van der Waals surface area contributed by atoms with E-state index in [-0.39, 0.29) is 53.7 Å². The molecule has 14 heteroatoms. The molecule has 1 aromatic carbocycles. The van der Waals surface area contributed by atoms with Gasteiger partial charge in [-0.25, -0.2) is 9.48 Å². The third-order valence-corrected chi connectivity index (χ3v) is 6.42. The van der Waals surface area contributed by atoms with Crippen molar-refractivity contribution in [2.45, 2.75) is 38.1 Å². The maximum atomic E-state index is 13.1. The summed E-state index contributed by atoms with van der Waals surface area (Å²) in [5.41, 5.74) is 1.49. The molecule has 0 unspecified atom stereocenters. The number of piperidine rings is 1. The van der Waals surface area contributed by atoms with Crippen LogP contribution in [0, 0.1) is 5.21 Å². The van der Waals surface area contributed by atoms with Crippen molar-refractivity contribution < 1.29 is 33.1 Å². The molecule has 38 heavy (non-hydrogen) atoms. The fourth-order valence-corrected chi connectivity index (χ4v) is 4.42. The second kappa shape index (κ2) is 10.6. The lowest BCUT2D eigenvalue weighted by atomic mass is 10.0. The Bertz CT molecular complexity index is 1320. The molecular weight excluding hydrogens is 506 g/mol. The minimum atomic E-state index is -2.82. The van der Waals surface area contributed by atoms with Crippen LogP contribution in [0.3, 0.4) is 0 Å². The summed E-state index contributed by atoms with van der Waals surface area (Å²) in [7, 11) is 0. The Morgan fingerprint density at radius 2 is 2.11 bits per heavy atom. The molecule has 0 spiro atoms. The molecule has 12 nitrogen and oxygen atoms in total. The first-order valence-electron chi connectivity index (χ1n) is 11.7. The van der Waals surface area contributed by atoms with E-state index in [1.54, 1.807) is 17.0 Å². The van der Waals surface area contributed by atoms with Crippen molar-refractivity contribution in [2.75, 3.05) is 18.4 Å². The van der Waals surface area contributed by atoms with Crippen molar-refractivity contribution in [3.8, 4) is 16.9 Å².